The second-order valence-electron chi connectivity index (χ2n) is 2.20. The van der Waals surface area contributed by atoms with E-state index in [1.807, 2.05) is 13.8 Å². The molecule has 66 valence electrons. The molecule has 0 radical (unpaired) electrons. The molecule has 1 unspecified atom stereocenters. The lowest BCUT2D eigenvalue weighted by Crippen LogP contribution is -2.35. The van der Waals surface area contributed by atoms with E-state index >= 15 is 0 Å². The Bertz CT molecular complexity index is 116. The number of alkyl carbamates (subject to hydrolysis) is 1. The number of carbonyl (C=O) groups excluding carboxylic acids is 1. The van der Waals surface area contributed by atoms with Gasteiger partial charge in [-0.05, 0) is 13.8 Å². The summed E-state index contributed by atoms with van der Waals surface area (Å²) in [5.74, 6) is 0. The highest BCUT2D eigenvalue weighted by Gasteiger charge is 2.05. The van der Waals surface area contributed by atoms with Crippen LogP contribution in [-0.4, -0.2) is 32.5 Å². The van der Waals surface area contributed by atoms with Crippen molar-refractivity contribution in [1.82, 2.24) is 5.32 Å². The van der Waals surface area contributed by atoms with Gasteiger partial charge in [-0.2, -0.15) is 0 Å². The quantitative estimate of drug-likeness (QED) is 0.662. The van der Waals surface area contributed by atoms with E-state index in [0.717, 1.165) is 0 Å². The van der Waals surface area contributed by atoms with E-state index in [1.54, 1.807) is 0 Å². The minimum absolute atomic E-state index is 0.00222. The van der Waals surface area contributed by atoms with Crippen molar-refractivity contribution < 1.29 is 14.3 Å². The van der Waals surface area contributed by atoms with Crippen LogP contribution in [0, 0.1) is 0 Å². The highest BCUT2D eigenvalue weighted by Crippen LogP contribution is 1.84. The molecule has 0 aliphatic heterocycles. The number of hydrogen-bond acceptors (Lipinski definition) is 3. The molecule has 0 heterocycles. The smallest absolute Gasteiger partial charge is 0.407 e. The van der Waals surface area contributed by atoms with E-state index in [9.17, 15) is 4.79 Å². The van der Waals surface area contributed by atoms with Gasteiger partial charge >= 0.3 is 6.09 Å². The summed E-state index contributed by atoms with van der Waals surface area (Å²) in [6.07, 6.45) is -0.419. The van der Waals surface area contributed by atoms with Crippen molar-refractivity contribution in [3.8, 4) is 0 Å². The molecule has 0 rings (SSSR count). The second kappa shape index (κ2) is 5.97. The summed E-state index contributed by atoms with van der Waals surface area (Å²) < 4.78 is 9.47. The largest absolute Gasteiger partial charge is 0.453 e. The lowest BCUT2D eigenvalue weighted by atomic mass is 10.4. The average Bonchev–Trinajstić information content (AvgIpc) is 2.00. The van der Waals surface area contributed by atoms with E-state index in [-0.39, 0.29) is 6.04 Å². The molecule has 0 fully saturated rings. The molecule has 1 N–H and O–H groups in total. The van der Waals surface area contributed by atoms with Gasteiger partial charge in [-0.1, -0.05) is 0 Å². The highest BCUT2D eigenvalue weighted by atomic mass is 16.5. The normalized spacial score (nSPS) is 12.3. The average molecular weight is 161 g/mol. The summed E-state index contributed by atoms with van der Waals surface area (Å²) in [6.45, 7) is 4.94. The first kappa shape index (κ1) is 10.2. The van der Waals surface area contributed by atoms with Crippen molar-refractivity contribution in [2.24, 2.45) is 0 Å². The molecule has 11 heavy (non-hydrogen) atoms. The SMILES string of the molecule is CCOCC(C)NC(=O)OC. The summed E-state index contributed by atoms with van der Waals surface area (Å²) >= 11 is 0. The van der Waals surface area contributed by atoms with Gasteiger partial charge in [-0.25, -0.2) is 4.79 Å². The predicted octanol–water partition coefficient (Wildman–Crippen LogP) is 0.767. The van der Waals surface area contributed by atoms with Crippen LogP contribution in [0.15, 0.2) is 0 Å². The molecule has 0 aliphatic carbocycles. The summed E-state index contributed by atoms with van der Waals surface area (Å²) in [6, 6.07) is 0.00222. The predicted molar refractivity (Wildman–Crippen MR) is 41.5 cm³/mol. The lowest BCUT2D eigenvalue weighted by Gasteiger charge is -2.11. The number of hydrogen-bond donors (Lipinski definition) is 1. The Morgan fingerprint density at radius 1 is 1.64 bits per heavy atom. The molecule has 0 aromatic carbocycles. The summed E-state index contributed by atoms with van der Waals surface area (Å²) in [5.41, 5.74) is 0. The Kier molecular flexibility index (Phi) is 5.56. The van der Waals surface area contributed by atoms with Gasteiger partial charge in [0.1, 0.15) is 0 Å². The van der Waals surface area contributed by atoms with Crippen LogP contribution in [0.3, 0.4) is 0 Å². The number of methoxy groups -OCH3 is 1. The molecule has 1 atom stereocenters. The molecule has 0 bridgehead atoms. The third-order valence-corrected chi connectivity index (χ3v) is 1.12. The number of ether oxygens (including phenoxy) is 2. The maximum atomic E-state index is 10.6. The molecular formula is C7H15NO3. The number of rotatable bonds is 4. The van der Waals surface area contributed by atoms with Crippen LogP contribution in [0.2, 0.25) is 0 Å². The molecule has 0 aromatic heterocycles. The molecule has 4 heteroatoms. The van der Waals surface area contributed by atoms with Crippen molar-refractivity contribution in [1.29, 1.82) is 0 Å². The number of nitrogens with one attached hydrogen (secondary N) is 1. The molecule has 0 saturated carbocycles. The van der Waals surface area contributed by atoms with Gasteiger partial charge in [0.25, 0.3) is 0 Å². The zero-order valence-electron chi connectivity index (χ0n) is 7.22. The maximum absolute atomic E-state index is 10.6. The fraction of sp³-hybridized carbons (Fsp3) is 0.857. The topological polar surface area (TPSA) is 47.6 Å². The molecule has 1 amide bonds. The number of carbonyl (C=O) groups is 1. The van der Waals surface area contributed by atoms with Crippen LogP contribution < -0.4 is 5.32 Å². The standard InChI is InChI=1S/C7H15NO3/c1-4-11-5-6(2)8-7(9)10-3/h6H,4-5H2,1-3H3,(H,8,9). The monoisotopic (exact) mass is 161 g/mol. The Balaban J connectivity index is 3.35. The zero-order valence-corrected chi connectivity index (χ0v) is 7.22. The van der Waals surface area contributed by atoms with Crippen LogP contribution in [0.1, 0.15) is 13.8 Å². The Hall–Kier alpha value is -0.770. The van der Waals surface area contributed by atoms with Gasteiger partial charge < -0.3 is 14.8 Å². The van der Waals surface area contributed by atoms with Gasteiger partial charge in [0.2, 0.25) is 0 Å². The van der Waals surface area contributed by atoms with Crippen LogP contribution in [0.5, 0.6) is 0 Å². The summed E-state index contributed by atoms with van der Waals surface area (Å²) in [4.78, 5) is 10.6. The Morgan fingerprint density at radius 2 is 2.27 bits per heavy atom. The first-order valence-electron chi connectivity index (χ1n) is 3.63. The van der Waals surface area contributed by atoms with Gasteiger partial charge in [0, 0.05) is 6.61 Å². The third-order valence-electron chi connectivity index (χ3n) is 1.12. The fourth-order valence-electron chi connectivity index (χ4n) is 0.596. The Morgan fingerprint density at radius 3 is 2.73 bits per heavy atom. The molecule has 4 nitrogen and oxygen atoms in total. The first-order chi connectivity index (χ1) is 5.20. The van der Waals surface area contributed by atoms with Crippen molar-refractivity contribution in [3.63, 3.8) is 0 Å². The highest BCUT2D eigenvalue weighted by molar-refractivity contribution is 5.67. The van der Waals surface area contributed by atoms with E-state index in [1.165, 1.54) is 7.11 Å². The third kappa shape index (κ3) is 5.66. The second-order valence-corrected chi connectivity index (χ2v) is 2.20. The minimum atomic E-state index is -0.419. The molecule has 0 aliphatic rings. The van der Waals surface area contributed by atoms with Gasteiger partial charge in [0.05, 0.1) is 19.8 Å². The number of amides is 1. The van der Waals surface area contributed by atoms with Crippen molar-refractivity contribution in [2.45, 2.75) is 19.9 Å². The Labute approximate surface area is 66.9 Å². The minimum Gasteiger partial charge on any atom is -0.453 e. The lowest BCUT2D eigenvalue weighted by molar-refractivity contribution is 0.118. The van der Waals surface area contributed by atoms with E-state index < -0.39 is 6.09 Å². The fourth-order valence-corrected chi connectivity index (χ4v) is 0.596. The van der Waals surface area contributed by atoms with Gasteiger partial charge in [-0.3, -0.25) is 0 Å². The molecule has 0 aromatic rings. The van der Waals surface area contributed by atoms with E-state index in [4.69, 9.17) is 4.74 Å². The first-order valence-corrected chi connectivity index (χ1v) is 3.63. The summed E-state index contributed by atoms with van der Waals surface area (Å²) in [5, 5.41) is 2.58. The molecular weight excluding hydrogens is 146 g/mol. The van der Waals surface area contributed by atoms with Gasteiger partial charge in [-0.15, -0.1) is 0 Å². The van der Waals surface area contributed by atoms with Gasteiger partial charge in [0.15, 0.2) is 0 Å². The summed E-state index contributed by atoms with van der Waals surface area (Å²) in [7, 11) is 1.34. The van der Waals surface area contributed by atoms with E-state index in [0.29, 0.717) is 13.2 Å². The molecule has 0 saturated heterocycles. The molecule has 0 spiro atoms. The zero-order chi connectivity index (χ0) is 8.69. The van der Waals surface area contributed by atoms with Crippen LogP contribution in [0.25, 0.3) is 0 Å². The van der Waals surface area contributed by atoms with Crippen molar-refractivity contribution in [2.75, 3.05) is 20.3 Å². The van der Waals surface area contributed by atoms with Crippen LogP contribution in [0.4, 0.5) is 4.79 Å². The van der Waals surface area contributed by atoms with Crippen molar-refractivity contribution >= 4 is 6.09 Å². The van der Waals surface area contributed by atoms with Crippen LogP contribution in [-0.2, 0) is 9.47 Å². The maximum Gasteiger partial charge on any atom is 0.407 e. The van der Waals surface area contributed by atoms with Crippen LogP contribution >= 0.6 is 0 Å². The van der Waals surface area contributed by atoms with Crippen molar-refractivity contribution in [3.05, 3.63) is 0 Å². The van der Waals surface area contributed by atoms with E-state index in [2.05, 4.69) is 10.1 Å².